The molecule has 6 nitrogen and oxygen atoms in total. The lowest BCUT2D eigenvalue weighted by molar-refractivity contribution is 0.0903. The van der Waals surface area contributed by atoms with Crippen molar-refractivity contribution >= 4 is 17.6 Å². The van der Waals surface area contributed by atoms with Gasteiger partial charge in [0.05, 0.1) is 5.54 Å². The van der Waals surface area contributed by atoms with Crippen molar-refractivity contribution < 1.29 is 9.59 Å². The first-order valence-corrected chi connectivity index (χ1v) is 8.14. The van der Waals surface area contributed by atoms with Gasteiger partial charge in [0.1, 0.15) is 0 Å². The second-order valence-electron chi connectivity index (χ2n) is 6.48. The summed E-state index contributed by atoms with van der Waals surface area (Å²) in [5, 5.41) is 8.56. The lowest BCUT2D eigenvalue weighted by atomic mass is 9.97. The van der Waals surface area contributed by atoms with Crippen LogP contribution in [0.3, 0.4) is 0 Å². The molecule has 6 heteroatoms. The fourth-order valence-electron chi connectivity index (χ4n) is 2.88. The quantitative estimate of drug-likeness (QED) is 0.670. The van der Waals surface area contributed by atoms with Crippen molar-refractivity contribution in [3.8, 4) is 0 Å². The highest BCUT2D eigenvalue weighted by molar-refractivity contribution is 5.96. The Balaban J connectivity index is 1.96. The van der Waals surface area contributed by atoms with Crippen molar-refractivity contribution in [2.24, 2.45) is 5.73 Å². The molecule has 1 aliphatic carbocycles. The topological polar surface area (TPSA) is 96.2 Å². The zero-order valence-corrected chi connectivity index (χ0v) is 13.8. The summed E-state index contributed by atoms with van der Waals surface area (Å²) in [4.78, 5) is 24.0. The van der Waals surface area contributed by atoms with Crippen molar-refractivity contribution in [2.45, 2.75) is 51.1 Å². The van der Waals surface area contributed by atoms with Crippen LogP contribution in [-0.4, -0.2) is 30.1 Å². The van der Waals surface area contributed by atoms with E-state index in [1.165, 1.54) is 0 Å². The Hall–Kier alpha value is -2.08. The largest absolute Gasteiger partial charge is 0.345 e. The molecule has 3 amide bonds. The summed E-state index contributed by atoms with van der Waals surface area (Å²) in [6, 6.07) is 6.67. The van der Waals surface area contributed by atoms with E-state index < -0.39 is 0 Å². The van der Waals surface area contributed by atoms with Crippen LogP contribution < -0.4 is 21.7 Å². The molecule has 1 aromatic rings. The molecule has 2 rings (SSSR count). The summed E-state index contributed by atoms with van der Waals surface area (Å²) in [7, 11) is 0. The van der Waals surface area contributed by atoms with E-state index in [4.69, 9.17) is 5.73 Å². The van der Waals surface area contributed by atoms with Crippen LogP contribution in [-0.2, 0) is 0 Å². The molecule has 0 atom stereocenters. The minimum Gasteiger partial charge on any atom is -0.345 e. The molecular weight excluding hydrogens is 292 g/mol. The Kier molecular flexibility index (Phi) is 5.60. The van der Waals surface area contributed by atoms with Crippen LogP contribution in [0.25, 0.3) is 0 Å². The van der Waals surface area contributed by atoms with Crippen LogP contribution in [0.1, 0.15) is 49.9 Å². The number of urea groups is 1. The smallest absolute Gasteiger partial charge is 0.319 e. The highest BCUT2D eigenvalue weighted by Gasteiger charge is 2.33. The van der Waals surface area contributed by atoms with E-state index in [9.17, 15) is 9.59 Å². The number of carbonyl (C=O) groups is 2. The van der Waals surface area contributed by atoms with Gasteiger partial charge >= 0.3 is 6.03 Å². The van der Waals surface area contributed by atoms with Gasteiger partial charge < -0.3 is 21.7 Å². The number of carbonyl (C=O) groups excluding carboxylic acids is 2. The van der Waals surface area contributed by atoms with Gasteiger partial charge in [0.25, 0.3) is 5.91 Å². The van der Waals surface area contributed by atoms with Gasteiger partial charge in [-0.1, -0.05) is 12.8 Å². The molecule has 1 fully saturated rings. The maximum atomic E-state index is 12.4. The van der Waals surface area contributed by atoms with Crippen molar-refractivity contribution in [1.29, 1.82) is 0 Å². The van der Waals surface area contributed by atoms with Crippen LogP contribution >= 0.6 is 0 Å². The van der Waals surface area contributed by atoms with Crippen LogP contribution in [0.4, 0.5) is 10.5 Å². The third-order valence-electron chi connectivity index (χ3n) is 4.15. The van der Waals surface area contributed by atoms with E-state index in [-0.39, 0.29) is 23.5 Å². The van der Waals surface area contributed by atoms with Crippen LogP contribution in [0.2, 0.25) is 0 Å². The molecule has 0 aliphatic heterocycles. The zero-order chi connectivity index (χ0) is 16.9. The van der Waals surface area contributed by atoms with Crippen molar-refractivity contribution in [1.82, 2.24) is 10.6 Å². The normalized spacial score (nSPS) is 16.2. The lowest BCUT2D eigenvalue weighted by Gasteiger charge is -2.28. The minimum atomic E-state index is -0.259. The molecule has 0 heterocycles. The standard InChI is InChI=1S/C17H26N4O2/c1-12(2)19-16(23)20-14-7-5-13(6-8-14)15(22)21-17(11-18)9-3-4-10-17/h5-8,12H,3-4,9-11,18H2,1-2H3,(H,21,22)(H2,19,20,23). The molecule has 1 aromatic carbocycles. The van der Waals surface area contributed by atoms with Crippen LogP contribution in [0, 0.1) is 0 Å². The van der Waals surface area contributed by atoms with Gasteiger partial charge in [0, 0.05) is 23.8 Å². The molecule has 1 aliphatic rings. The van der Waals surface area contributed by atoms with E-state index in [1.54, 1.807) is 24.3 Å². The number of hydrogen-bond donors (Lipinski definition) is 4. The maximum absolute atomic E-state index is 12.4. The first-order chi connectivity index (χ1) is 10.9. The Morgan fingerprint density at radius 3 is 2.30 bits per heavy atom. The van der Waals surface area contributed by atoms with E-state index in [1.807, 2.05) is 13.8 Å². The Morgan fingerprint density at radius 1 is 1.17 bits per heavy atom. The molecule has 0 radical (unpaired) electrons. The minimum absolute atomic E-state index is 0.0684. The number of rotatable bonds is 5. The number of nitrogens with two attached hydrogens (primary N) is 1. The average Bonchev–Trinajstić information content (AvgIpc) is 2.96. The van der Waals surface area contributed by atoms with Crippen molar-refractivity contribution in [3.63, 3.8) is 0 Å². The average molecular weight is 318 g/mol. The highest BCUT2D eigenvalue weighted by atomic mass is 16.2. The number of amides is 3. The predicted molar refractivity (Wildman–Crippen MR) is 91.5 cm³/mol. The Bertz CT molecular complexity index is 548. The summed E-state index contributed by atoms with van der Waals surface area (Å²) in [6.45, 7) is 4.25. The number of nitrogens with one attached hydrogen (secondary N) is 3. The van der Waals surface area contributed by atoms with Gasteiger partial charge in [0.2, 0.25) is 0 Å². The molecule has 0 aromatic heterocycles. The first kappa shape index (κ1) is 17.3. The van der Waals surface area contributed by atoms with Crippen molar-refractivity contribution in [2.75, 3.05) is 11.9 Å². The SMILES string of the molecule is CC(C)NC(=O)Nc1ccc(C(=O)NC2(CN)CCCC2)cc1. The fourth-order valence-corrected chi connectivity index (χ4v) is 2.88. The predicted octanol–water partition coefficient (Wildman–Crippen LogP) is 2.22. The summed E-state index contributed by atoms with van der Waals surface area (Å²) >= 11 is 0. The molecule has 126 valence electrons. The van der Waals surface area contributed by atoms with Gasteiger partial charge in [-0.2, -0.15) is 0 Å². The number of anilines is 1. The van der Waals surface area contributed by atoms with E-state index >= 15 is 0 Å². The summed E-state index contributed by atoms with van der Waals surface area (Å²) < 4.78 is 0. The first-order valence-electron chi connectivity index (χ1n) is 8.14. The second-order valence-corrected chi connectivity index (χ2v) is 6.48. The third kappa shape index (κ3) is 4.69. The van der Waals surface area contributed by atoms with E-state index in [0.717, 1.165) is 25.7 Å². The zero-order valence-electron chi connectivity index (χ0n) is 13.8. The molecule has 1 saturated carbocycles. The van der Waals surface area contributed by atoms with Gasteiger partial charge in [-0.3, -0.25) is 4.79 Å². The lowest BCUT2D eigenvalue weighted by Crippen LogP contribution is -2.51. The van der Waals surface area contributed by atoms with E-state index in [0.29, 0.717) is 17.8 Å². The molecule has 0 bridgehead atoms. The maximum Gasteiger partial charge on any atom is 0.319 e. The Labute approximate surface area is 137 Å². The van der Waals surface area contributed by atoms with Crippen molar-refractivity contribution in [3.05, 3.63) is 29.8 Å². The highest BCUT2D eigenvalue weighted by Crippen LogP contribution is 2.29. The molecule has 0 unspecified atom stereocenters. The van der Waals surface area contributed by atoms with E-state index in [2.05, 4.69) is 16.0 Å². The summed E-state index contributed by atoms with van der Waals surface area (Å²) in [5.41, 5.74) is 6.80. The fraction of sp³-hybridized carbons (Fsp3) is 0.529. The molecule has 23 heavy (non-hydrogen) atoms. The molecule has 0 saturated heterocycles. The second kappa shape index (κ2) is 7.46. The Morgan fingerprint density at radius 2 is 1.78 bits per heavy atom. The molecule has 0 spiro atoms. The van der Waals surface area contributed by atoms with Gasteiger partial charge in [-0.15, -0.1) is 0 Å². The summed E-state index contributed by atoms with van der Waals surface area (Å²) in [6.07, 6.45) is 4.07. The van der Waals surface area contributed by atoms with Gasteiger partial charge in [-0.05, 0) is 51.0 Å². The number of benzene rings is 1. The third-order valence-corrected chi connectivity index (χ3v) is 4.15. The monoisotopic (exact) mass is 318 g/mol. The van der Waals surface area contributed by atoms with Crippen LogP contribution in [0.15, 0.2) is 24.3 Å². The number of hydrogen-bond acceptors (Lipinski definition) is 3. The van der Waals surface area contributed by atoms with Gasteiger partial charge in [-0.25, -0.2) is 4.79 Å². The van der Waals surface area contributed by atoms with Crippen LogP contribution in [0.5, 0.6) is 0 Å². The molecule has 5 N–H and O–H groups in total. The summed E-state index contributed by atoms with van der Waals surface area (Å²) in [5.74, 6) is -0.115. The van der Waals surface area contributed by atoms with Gasteiger partial charge in [0.15, 0.2) is 0 Å². The molecular formula is C17H26N4O2.